The number of carbonyl (C=O) groups is 1. The van der Waals surface area contributed by atoms with Crippen molar-refractivity contribution in [2.45, 2.75) is 25.7 Å². The number of rotatable bonds is 5. The van der Waals surface area contributed by atoms with E-state index in [0.717, 1.165) is 18.5 Å². The molecule has 0 saturated carbocycles. The summed E-state index contributed by atoms with van der Waals surface area (Å²) in [5.74, 6) is 0.278. The largest absolute Gasteiger partial charge is 0.508 e. The molecule has 2 aromatic carbocycles. The third kappa shape index (κ3) is 4.53. The van der Waals surface area contributed by atoms with Gasteiger partial charge in [-0.3, -0.25) is 9.79 Å². The summed E-state index contributed by atoms with van der Waals surface area (Å²) in [6.45, 7) is 0.771. The lowest BCUT2D eigenvalue weighted by Crippen LogP contribution is -2.28. The van der Waals surface area contributed by atoms with Crippen LogP contribution >= 0.6 is 0 Å². The summed E-state index contributed by atoms with van der Waals surface area (Å²) in [5, 5.41) is 15.2. The molecule has 0 atom stereocenters. The van der Waals surface area contributed by atoms with Crippen LogP contribution in [0, 0.1) is 0 Å². The van der Waals surface area contributed by atoms with Crippen LogP contribution in [0.2, 0.25) is 0 Å². The lowest BCUT2D eigenvalue weighted by atomic mass is 9.90. The summed E-state index contributed by atoms with van der Waals surface area (Å²) in [5.41, 5.74) is 10.2. The maximum absolute atomic E-state index is 12.0. The Morgan fingerprint density at radius 1 is 1.12 bits per heavy atom. The van der Waals surface area contributed by atoms with Gasteiger partial charge in [-0.2, -0.15) is 0 Å². The number of aliphatic imine (C=N–C) groups is 1. The summed E-state index contributed by atoms with van der Waals surface area (Å²) in [4.78, 5) is 16.2. The zero-order chi connectivity index (χ0) is 18.4. The molecule has 6 heteroatoms. The van der Waals surface area contributed by atoms with Crippen LogP contribution in [0.1, 0.15) is 34.3 Å². The number of nitrogens with zero attached hydrogens (tertiary/aromatic N) is 1. The summed E-state index contributed by atoms with van der Waals surface area (Å²) in [6, 6.07) is 12.3. The molecule has 136 valence electrons. The third-order valence-corrected chi connectivity index (χ3v) is 4.47. The van der Waals surface area contributed by atoms with Crippen molar-refractivity contribution in [3.05, 3.63) is 59.2 Å². The normalized spacial score (nSPS) is 13.8. The molecule has 6 nitrogen and oxygen atoms in total. The third-order valence-electron chi connectivity index (χ3n) is 4.47. The van der Waals surface area contributed by atoms with E-state index in [1.165, 1.54) is 36.1 Å². The summed E-state index contributed by atoms with van der Waals surface area (Å²) >= 11 is 0. The number of phenolic OH excluding ortho intramolecular Hbond substituents is 1. The van der Waals surface area contributed by atoms with Crippen molar-refractivity contribution in [2.75, 3.05) is 18.4 Å². The van der Waals surface area contributed by atoms with E-state index < -0.39 is 0 Å². The van der Waals surface area contributed by atoms with E-state index in [9.17, 15) is 9.90 Å². The Bertz CT molecular complexity index is 800. The maximum atomic E-state index is 12.0. The summed E-state index contributed by atoms with van der Waals surface area (Å²) in [7, 11) is 0. The van der Waals surface area contributed by atoms with Gasteiger partial charge in [0.2, 0.25) is 0 Å². The van der Waals surface area contributed by atoms with Gasteiger partial charge in [-0.1, -0.05) is 12.1 Å². The zero-order valence-electron chi connectivity index (χ0n) is 14.7. The molecule has 0 saturated heterocycles. The van der Waals surface area contributed by atoms with Crippen molar-refractivity contribution in [2.24, 2.45) is 10.7 Å². The van der Waals surface area contributed by atoms with E-state index >= 15 is 0 Å². The second-order valence-electron chi connectivity index (χ2n) is 6.35. The Morgan fingerprint density at radius 3 is 2.69 bits per heavy atom. The second-order valence-corrected chi connectivity index (χ2v) is 6.35. The number of anilines is 1. The van der Waals surface area contributed by atoms with Gasteiger partial charge in [0.05, 0.1) is 6.54 Å². The van der Waals surface area contributed by atoms with Crippen LogP contribution in [0.15, 0.2) is 47.5 Å². The Balaban J connectivity index is 1.50. The molecule has 0 spiro atoms. The topological polar surface area (TPSA) is 99.7 Å². The molecular weight excluding hydrogens is 328 g/mol. The van der Waals surface area contributed by atoms with Gasteiger partial charge in [-0.25, -0.2) is 0 Å². The van der Waals surface area contributed by atoms with E-state index in [1.54, 1.807) is 12.1 Å². The van der Waals surface area contributed by atoms with Crippen molar-refractivity contribution in [1.82, 2.24) is 5.32 Å². The monoisotopic (exact) mass is 352 g/mol. The first kappa shape index (κ1) is 17.8. The molecule has 0 unspecified atom stereocenters. The minimum Gasteiger partial charge on any atom is -0.508 e. The van der Waals surface area contributed by atoms with Crippen LogP contribution in [0.3, 0.4) is 0 Å². The number of nitrogens with two attached hydrogens (primary N) is 1. The number of amides is 1. The Hall–Kier alpha value is -3.02. The molecule has 26 heavy (non-hydrogen) atoms. The molecular formula is C20H24N4O2. The van der Waals surface area contributed by atoms with Crippen LogP contribution in [0.4, 0.5) is 5.69 Å². The number of guanidine groups is 1. The van der Waals surface area contributed by atoms with Gasteiger partial charge in [-0.05, 0) is 67.1 Å². The van der Waals surface area contributed by atoms with Gasteiger partial charge in [-0.15, -0.1) is 0 Å². The minimum absolute atomic E-state index is 0.132. The lowest BCUT2D eigenvalue weighted by molar-refractivity contribution is 0.0955. The van der Waals surface area contributed by atoms with Gasteiger partial charge in [0.1, 0.15) is 5.75 Å². The van der Waals surface area contributed by atoms with E-state index in [1.807, 2.05) is 12.1 Å². The van der Waals surface area contributed by atoms with Crippen molar-refractivity contribution in [1.29, 1.82) is 0 Å². The van der Waals surface area contributed by atoms with Crippen LogP contribution in [-0.4, -0.2) is 30.1 Å². The first-order chi connectivity index (χ1) is 12.6. The van der Waals surface area contributed by atoms with Gasteiger partial charge in [0.15, 0.2) is 5.96 Å². The van der Waals surface area contributed by atoms with E-state index in [2.05, 4.69) is 21.7 Å². The van der Waals surface area contributed by atoms with Gasteiger partial charge in [0.25, 0.3) is 5.91 Å². The molecule has 0 radical (unpaired) electrons. The predicted molar refractivity (Wildman–Crippen MR) is 104 cm³/mol. The number of carbonyl (C=O) groups excluding carboxylic acids is 1. The molecule has 0 aromatic heterocycles. The van der Waals surface area contributed by atoms with Crippen LogP contribution in [0.5, 0.6) is 5.75 Å². The maximum Gasteiger partial charge on any atom is 0.251 e. The number of phenols is 1. The smallest absolute Gasteiger partial charge is 0.251 e. The summed E-state index contributed by atoms with van der Waals surface area (Å²) in [6.07, 6.45) is 4.62. The highest BCUT2D eigenvalue weighted by atomic mass is 16.3. The first-order valence-corrected chi connectivity index (χ1v) is 8.88. The molecule has 3 rings (SSSR count). The van der Waals surface area contributed by atoms with Crippen molar-refractivity contribution in [3.8, 4) is 5.75 Å². The van der Waals surface area contributed by atoms with E-state index in [4.69, 9.17) is 5.73 Å². The highest BCUT2D eigenvalue weighted by molar-refractivity contribution is 5.94. The molecule has 5 N–H and O–H groups in total. The van der Waals surface area contributed by atoms with E-state index in [-0.39, 0.29) is 11.7 Å². The van der Waals surface area contributed by atoms with Crippen molar-refractivity contribution in [3.63, 3.8) is 0 Å². The average Bonchev–Trinajstić information content (AvgIpc) is 2.66. The van der Waals surface area contributed by atoms with Crippen molar-refractivity contribution >= 4 is 17.6 Å². The highest BCUT2D eigenvalue weighted by Crippen LogP contribution is 2.27. The van der Waals surface area contributed by atoms with Crippen LogP contribution in [-0.2, 0) is 12.8 Å². The minimum atomic E-state index is -0.205. The highest BCUT2D eigenvalue weighted by Gasteiger charge is 2.13. The molecule has 0 aliphatic heterocycles. The van der Waals surface area contributed by atoms with Gasteiger partial charge in [0, 0.05) is 17.8 Å². The molecule has 1 amide bonds. The van der Waals surface area contributed by atoms with Gasteiger partial charge < -0.3 is 21.5 Å². The number of fused-ring (bicyclic) bond motifs is 1. The predicted octanol–water partition coefficient (Wildman–Crippen LogP) is 2.43. The molecule has 0 heterocycles. The number of hydrogen-bond donors (Lipinski definition) is 4. The molecule has 1 aliphatic rings. The number of benzene rings is 2. The van der Waals surface area contributed by atoms with Gasteiger partial charge >= 0.3 is 0 Å². The fourth-order valence-corrected chi connectivity index (χ4v) is 3.14. The Labute approximate surface area is 153 Å². The lowest BCUT2D eigenvalue weighted by Gasteiger charge is -2.19. The number of hydrogen-bond acceptors (Lipinski definition) is 3. The average molecular weight is 352 g/mol. The standard InChI is InChI=1S/C20H24N4O2/c21-20(24-18-7-3-5-14-4-1-2-6-17(14)18)23-13-12-22-19(26)15-8-10-16(25)11-9-15/h3,5,7-11,25H,1-2,4,6,12-13H2,(H,22,26)(H3,21,23,24). The SMILES string of the molecule is NC(=NCCNC(=O)c1ccc(O)cc1)Nc1cccc2c1CCCC2. The molecule has 0 fully saturated rings. The number of aromatic hydroxyl groups is 1. The summed E-state index contributed by atoms with van der Waals surface area (Å²) < 4.78 is 0. The first-order valence-electron chi connectivity index (χ1n) is 8.88. The fraction of sp³-hybridized carbons (Fsp3) is 0.300. The Kier molecular flexibility index (Phi) is 5.73. The van der Waals surface area contributed by atoms with Crippen molar-refractivity contribution < 1.29 is 9.90 Å². The molecule has 2 aromatic rings. The molecule has 0 bridgehead atoms. The zero-order valence-corrected chi connectivity index (χ0v) is 14.7. The molecule has 1 aliphatic carbocycles. The fourth-order valence-electron chi connectivity index (χ4n) is 3.14. The quantitative estimate of drug-likeness (QED) is 0.377. The van der Waals surface area contributed by atoms with E-state index in [0.29, 0.717) is 24.6 Å². The number of nitrogens with one attached hydrogen (secondary N) is 2. The second kappa shape index (κ2) is 8.38. The van der Waals surface area contributed by atoms with Crippen LogP contribution in [0.25, 0.3) is 0 Å². The number of aryl methyl sites for hydroxylation is 1. The Morgan fingerprint density at radius 2 is 1.88 bits per heavy atom. The van der Waals surface area contributed by atoms with Crippen LogP contribution < -0.4 is 16.4 Å².